The molecule has 0 radical (unpaired) electrons. The molecule has 0 unspecified atom stereocenters. The van der Waals surface area contributed by atoms with Crippen LogP contribution in [0.3, 0.4) is 0 Å². The summed E-state index contributed by atoms with van der Waals surface area (Å²) < 4.78 is 13.6. The smallest absolute Gasteiger partial charge is 0.404 e. The third kappa shape index (κ3) is 5.92. The second-order valence-corrected chi connectivity index (χ2v) is 15.5. The lowest BCUT2D eigenvalue weighted by Crippen LogP contribution is -2.45. The maximum absolute atomic E-state index is 11.0. The van der Waals surface area contributed by atoms with Crippen molar-refractivity contribution < 1.29 is 19.4 Å². The molecule has 2 aromatic rings. The lowest BCUT2D eigenvalue weighted by molar-refractivity contribution is 0.0901. The third-order valence-electron chi connectivity index (χ3n) is 6.13. The Morgan fingerprint density at radius 3 is 2.58 bits per heavy atom. The quantitative estimate of drug-likeness (QED) is 0.436. The summed E-state index contributed by atoms with van der Waals surface area (Å²) in [6.45, 7) is 12.4. The number of rotatable bonds is 8. The topological polar surface area (TPSA) is 118 Å². The van der Waals surface area contributed by atoms with E-state index in [1.807, 2.05) is 4.57 Å². The number of hydrogen-bond donors (Lipinski definition) is 2. The fraction of sp³-hybridized carbons (Fsp3) is 0.714. The molecule has 2 aliphatic heterocycles. The van der Waals surface area contributed by atoms with Gasteiger partial charge in [0.1, 0.15) is 13.1 Å². The van der Waals surface area contributed by atoms with Crippen LogP contribution in [0.2, 0.25) is 25.7 Å². The average Bonchev–Trinajstić information content (AvgIpc) is 3.15. The molecule has 2 aliphatic rings. The number of carboxylic acid groups (broad SMARTS) is 1. The first kappa shape index (κ1) is 23.7. The predicted octanol–water partition coefficient (Wildman–Crippen LogP) is 2.21. The average molecular weight is 478 g/mol. The zero-order chi connectivity index (χ0) is 23.4. The van der Waals surface area contributed by atoms with E-state index in [0.29, 0.717) is 39.6 Å². The van der Waals surface area contributed by atoms with Gasteiger partial charge in [0.05, 0.1) is 13.2 Å². The van der Waals surface area contributed by atoms with Crippen molar-refractivity contribution in [1.82, 2.24) is 24.8 Å². The summed E-state index contributed by atoms with van der Waals surface area (Å²) in [4.78, 5) is 29.5. The van der Waals surface area contributed by atoms with Gasteiger partial charge in [0.25, 0.3) is 0 Å². The Morgan fingerprint density at radius 1 is 1.18 bits per heavy atom. The minimum atomic E-state index is -1.19. The Balaban J connectivity index is 1.60. The highest BCUT2D eigenvalue weighted by atomic mass is 28.3. The van der Waals surface area contributed by atoms with E-state index in [1.165, 1.54) is 0 Å². The van der Waals surface area contributed by atoms with Crippen LogP contribution in [0.1, 0.15) is 12.8 Å². The number of fused-ring (bicyclic) bond motifs is 1. The highest BCUT2D eigenvalue weighted by molar-refractivity contribution is 6.76. The van der Waals surface area contributed by atoms with Gasteiger partial charge < -0.3 is 29.7 Å². The summed E-state index contributed by atoms with van der Waals surface area (Å²) in [6.07, 6.45) is 2.09. The number of aromatic nitrogens is 4. The molecule has 0 aromatic carbocycles. The van der Waals surface area contributed by atoms with Gasteiger partial charge in [-0.1, -0.05) is 19.6 Å². The van der Waals surface area contributed by atoms with Crippen LogP contribution in [0, 0.1) is 0 Å². The molecule has 182 valence electrons. The van der Waals surface area contributed by atoms with Crippen LogP contribution in [0.5, 0.6) is 0 Å². The zero-order valence-electron chi connectivity index (χ0n) is 19.8. The largest absolute Gasteiger partial charge is 0.465 e. The second kappa shape index (κ2) is 10.2. The molecule has 2 N–H and O–H groups in total. The molecule has 12 heteroatoms. The molecule has 33 heavy (non-hydrogen) atoms. The monoisotopic (exact) mass is 477 g/mol. The lowest BCUT2D eigenvalue weighted by Gasteiger charge is -2.32. The van der Waals surface area contributed by atoms with Crippen LogP contribution >= 0.6 is 0 Å². The van der Waals surface area contributed by atoms with Gasteiger partial charge in [-0.05, 0) is 18.9 Å². The predicted molar refractivity (Wildman–Crippen MR) is 129 cm³/mol. The number of carbonyl (C=O) groups is 1. The number of imidazole rings is 1. The Morgan fingerprint density at radius 2 is 1.91 bits per heavy atom. The number of amides is 1. The van der Waals surface area contributed by atoms with E-state index in [0.717, 1.165) is 54.9 Å². The summed E-state index contributed by atoms with van der Waals surface area (Å²) in [5, 5.41) is 11.6. The van der Waals surface area contributed by atoms with Crippen molar-refractivity contribution in [3.8, 4) is 0 Å². The number of piperidine rings is 1. The van der Waals surface area contributed by atoms with E-state index in [1.54, 1.807) is 6.33 Å². The van der Waals surface area contributed by atoms with E-state index >= 15 is 0 Å². The van der Waals surface area contributed by atoms with E-state index in [-0.39, 0.29) is 6.04 Å². The molecule has 4 heterocycles. The van der Waals surface area contributed by atoms with Crippen LogP contribution in [0.15, 0.2) is 6.33 Å². The normalized spacial score (nSPS) is 18.2. The summed E-state index contributed by atoms with van der Waals surface area (Å²) in [7, 11) is -1.19. The maximum atomic E-state index is 11.0. The Labute approximate surface area is 195 Å². The fourth-order valence-electron chi connectivity index (χ4n) is 4.21. The first-order valence-electron chi connectivity index (χ1n) is 11.7. The van der Waals surface area contributed by atoms with Crippen LogP contribution in [-0.4, -0.2) is 90.8 Å². The number of morpholine rings is 1. The van der Waals surface area contributed by atoms with Gasteiger partial charge in [0, 0.05) is 46.9 Å². The number of nitrogens with zero attached hydrogens (tertiary/aromatic N) is 6. The van der Waals surface area contributed by atoms with Crippen molar-refractivity contribution >= 4 is 37.1 Å². The molecular weight excluding hydrogens is 442 g/mol. The molecule has 0 aliphatic carbocycles. The van der Waals surface area contributed by atoms with Crippen molar-refractivity contribution in [2.75, 3.05) is 55.8 Å². The molecule has 0 spiro atoms. The standard InChI is InChI=1S/C21H35N7O4Si/c1-33(2,3)13-12-32-15-28-19-17(18(22-14-23-19)26-8-10-31-11-9-26)25-20(28)27-6-4-16(5-7-27)24-21(29)30/h14,16,24H,4-13,15H2,1-3H3,(H,29,30). The number of hydrogen-bond acceptors (Lipinski definition) is 8. The number of nitrogens with one attached hydrogen (secondary N) is 1. The van der Waals surface area contributed by atoms with Crippen molar-refractivity contribution in [3.63, 3.8) is 0 Å². The van der Waals surface area contributed by atoms with Crippen LogP contribution in [0.4, 0.5) is 16.6 Å². The Hall–Kier alpha value is -2.44. The SMILES string of the molecule is C[Si](C)(C)CCOCn1c(N2CCC(NC(=O)O)CC2)nc2c(N3CCOCC3)ncnc21. The van der Waals surface area contributed by atoms with Crippen molar-refractivity contribution in [1.29, 1.82) is 0 Å². The highest BCUT2D eigenvalue weighted by Crippen LogP contribution is 2.29. The zero-order valence-corrected chi connectivity index (χ0v) is 20.8. The molecule has 11 nitrogen and oxygen atoms in total. The van der Waals surface area contributed by atoms with Gasteiger partial charge in [-0.15, -0.1) is 0 Å². The van der Waals surface area contributed by atoms with Crippen LogP contribution < -0.4 is 15.1 Å². The van der Waals surface area contributed by atoms with Gasteiger partial charge in [0.2, 0.25) is 5.95 Å². The second-order valence-electron chi connectivity index (χ2n) is 9.87. The van der Waals surface area contributed by atoms with Crippen molar-refractivity contribution in [2.24, 2.45) is 0 Å². The van der Waals surface area contributed by atoms with Crippen molar-refractivity contribution in [3.05, 3.63) is 6.33 Å². The first-order valence-corrected chi connectivity index (χ1v) is 15.4. The Kier molecular flexibility index (Phi) is 7.34. The molecule has 2 saturated heterocycles. The summed E-state index contributed by atoms with van der Waals surface area (Å²) in [5.41, 5.74) is 1.54. The molecule has 2 aromatic heterocycles. The van der Waals surface area contributed by atoms with E-state index in [2.05, 4.69) is 44.7 Å². The summed E-state index contributed by atoms with van der Waals surface area (Å²) in [6, 6.07) is 1.06. The van der Waals surface area contributed by atoms with Gasteiger partial charge in [-0.3, -0.25) is 4.57 Å². The van der Waals surface area contributed by atoms with Gasteiger partial charge in [0.15, 0.2) is 17.0 Å². The van der Waals surface area contributed by atoms with Gasteiger partial charge >= 0.3 is 6.09 Å². The molecule has 2 fully saturated rings. The molecule has 1 amide bonds. The summed E-state index contributed by atoms with van der Waals surface area (Å²) >= 11 is 0. The summed E-state index contributed by atoms with van der Waals surface area (Å²) in [5.74, 6) is 1.63. The third-order valence-corrected chi connectivity index (χ3v) is 7.83. The molecule has 0 saturated carbocycles. The van der Waals surface area contributed by atoms with Gasteiger partial charge in [-0.2, -0.15) is 0 Å². The maximum Gasteiger partial charge on any atom is 0.404 e. The van der Waals surface area contributed by atoms with E-state index in [9.17, 15) is 4.79 Å². The van der Waals surface area contributed by atoms with E-state index < -0.39 is 14.2 Å². The first-order chi connectivity index (χ1) is 15.8. The minimum absolute atomic E-state index is 0.0340. The lowest BCUT2D eigenvalue weighted by atomic mass is 10.1. The van der Waals surface area contributed by atoms with E-state index in [4.69, 9.17) is 19.6 Å². The van der Waals surface area contributed by atoms with Crippen molar-refractivity contribution in [2.45, 2.75) is 51.3 Å². The fourth-order valence-corrected chi connectivity index (χ4v) is 4.97. The van der Waals surface area contributed by atoms with Gasteiger partial charge in [-0.25, -0.2) is 19.7 Å². The minimum Gasteiger partial charge on any atom is -0.465 e. The van der Waals surface area contributed by atoms with Crippen LogP contribution in [-0.2, 0) is 16.2 Å². The van der Waals surface area contributed by atoms with Crippen LogP contribution in [0.25, 0.3) is 11.2 Å². The molecule has 0 atom stereocenters. The Bertz CT molecular complexity index is 950. The molecule has 0 bridgehead atoms. The molecular formula is C21H35N7O4Si. The number of ether oxygens (including phenoxy) is 2. The highest BCUT2D eigenvalue weighted by Gasteiger charge is 2.27. The molecule has 4 rings (SSSR count). The number of anilines is 2.